The number of carbonyl (C=O) groups is 1. The minimum Gasteiger partial charge on any atom is -0.378 e. The third kappa shape index (κ3) is 4.44. The van der Waals surface area contributed by atoms with Gasteiger partial charge >= 0.3 is 0 Å². The normalized spacial score (nSPS) is 24.4. The average Bonchev–Trinajstić information content (AvgIpc) is 3.61. The summed E-state index contributed by atoms with van der Waals surface area (Å²) in [6.45, 7) is 0. The lowest BCUT2D eigenvalue weighted by atomic mass is 9.68. The van der Waals surface area contributed by atoms with Gasteiger partial charge < -0.3 is 10.6 Å². The van der Waals surface area contributed by atoms with Crippen LogP contribution in [0.3, 0.4) is 0 Å². The lowest BCUT2D eigenvalue weighted by molar-refractivity contribution is 0.102. The molecule has 2 bridgehead atoms. The Morgan fingerprint density at radius 2 is 1.48 bits per heavy atom. The molecule has 4 aromatic rings. The molecule has 1 heterocycles. The number of fused-ring (bicyclic) bond motifs is 7. The van der Waals surface area contributed by atoms with E-state index in [1.165, 1.54) is 42.5 Å². The van der Waals surface area contributed by atoms with Crippen molar-refractivity contribution in [1.29, 1.82) is 0 Å². The van der Waals surface area contributed by atoms with Gasteiger partial charge in [-0.25, -0.2) is 8.42 Å². The topological polar surface area (TPSA) is 87.3 Å². The van der Waals surface area contributed by atoms with Gasteiger partial charge in [-0.15, -0.1) is 0 Å². The van der Waals surface area contributed by atoms with Crippen molar-refractivity contribution in [2.24, 2.45) is 17.8 Å². The van der Waals surface area contributed by atoms with Crippen LogP contribution < -0.4 is 15.4 Å². The largest absolute Gasteiger partial charge is 0.378 e. The van der Waals surface area contributed by atoms with E-state index in [1.807, 2.05) is 18.2 Å². The van der Waals surface area contributed by atoms with Crippen LogP contribution in [0.2, 0.25) is 0 Å². The second-order valence-electron chi connectivity index (χ2n) is 11.2. The van der Waals surface area contributed by atoms with Crippen LogP contribution >= 0.6 is 0 Å². The Hall–Kier alpha value is -4.10. The first-order chi connectivity index (χ1) is 19.5. The number of carbonyl (C=O) groups excluding carboxylic acids is 1. The maximum Gasteiger partial charge on any atom is 0.261 e. The van der Waals surface area contributed by atoms with Crippen molar-refractivity contribution in [3.63, 3.8) is 0 Å². The van der Waals surface area contributed by atoms with Crippen LogP contribution in [-0.2, 0) is 10.0 Å². The number of amides is 1. The van der Waals surface area contributed by atoms with E-state index >= 15 is 0 Å². The molecule has 1 amide bonds. The molecule has 0 saturated heterocycles. The molecule has 2 aliphatic carbocycles. The molecular formula is C33H31N3O3S. The number of benzene rings is 4. The molecule has 0 aromatic heterocycles. The van der Waals surface area contributed by atoms with Crippen LogP contribution in [0, 0.1) is 17.8 Å². The van der Waals surface area contributed by atoms with Gasteiger partial charge in [0, 0.05) is 22.6 Å². The zero-order valence-corrected chi connectivity index (χ0v) is 22.8. The van der Waals surface area contributed by atoms with Gasteiger partial charge in [0.05, 0.1) is 10.9 Å². The van der Waals surface area contributed by atoms with Gasteiger partial charge in [0.2, 0.25) is 0 Å². The molecule has 202 valence electrons. The molecule has 3 aliphatic rings. The summed E-state index contributed by atoms with van der Waals surface area (Å²) in [5.41, 5.74) is 5.37. The summed E-state index contributed by atoms with van der Waals surface area (Å²) in [5.74, 6) is 2.16. The molecule has 0 spiro atoms. The highest BCUT2D eigenvalue weighted by Crippen LogP contribution is 2.63. The maximum atomic E-state index is 13.3. The van der Waals surface area contributed by atoms with Crippen LogP contribution in [0.1, 0.15) is 52.7 Å². The maximum absolute atomic E-state index is 13.3. The van der Waals surface area contributed by atoms with E-state index in [1.54, 1.807) is 36.4 Å². The second-order valence-corrected chi connectivity index (χ2v) is 12.9. The van der Waals surface area contributed by atoms with E-state index in [0.717, 1.165) is 5.69 Å². The number of hydrogen-bond donors (Lipinski definition) is 3. The third-order valence-corrected chi connectivity index (χ3v) is 10.4. The lowest BCUT2D eigenvalue weighted by Crippen LogP contribution is -2.35. The number of hydrogen-bond acceptors (Lipinski definition) is 4. The number of anilines is 3. The summed E-state index contributed by atoms with van der Waals surface area (Å²) in [6.07, 6.45) is 3.82. The standard InChI is InChI=1S/C33H31N3O3S/c37-33(34-25-14-16-27(17-15-25)40(38,39)36-26-9-5-2-6-10-26)24-13-18-29-28(20-24)30-22-11-12-23(19-22)31(30)32(35-29)21-7-3-1-4-8-21/h1-10,13-18,20,22-23,30-32,35-36H,11-12,19H2,(H,34,37)/t22-,23-,30-,31+,32-/m0/s1. The fourth-order valence-corrected chi connectivity index (χ4v) is 8.32. The fourth-order valence-electron chi connectivity index (χ4n) is 7.26. The van der Waals surface area contributed by atoms with Crippen LogP contribution in [0.4, 0.5) is 17.1 Å². The zero-order valence-electron chi connectivity index (χ0n) is 22.0. The molecule has 7 rings (SSSR count). The number of sulfonamides is 1. The predicted molar refractivity (Wildman–Crippen MR) is 158 cm³/mol. The lowest BCUT2D eigenvalue weighted by Gasteiger charge is -2.43. The minimum absolute atomic E-state index is 0.129. The zero-order chi connectivity index (χ0) is 27.3. The van der Waals surface area contributed by atoms with E-state index in [2.05, 4.69) is 51.8 Å². The highest BCUT2D eigenvalue weighted by atomic mass is 32.2. The summed E-state index contributed by atoms with van der Waals surface area (Å²) in [7, 11) is -3.73. The Balaban J connectivity index is 1.11. The van der Waals surface area contributed by atoms with Crippen LogP contribution in [0.25, 0.3) is 0 Å². The van der Waals surface area contributed by atoms with Crippen molar-refractivity contribution in [2.45, 2.75) is 36.1 Å². The number of nitrogens with one attached hydrogen (secondary N) is 3. The number of para-hydroxylation sites is 1. The van der Waals surface area contributed by atoms with Crippen molar-refractivity contribution < 1.29 is 13.2 Å². The molecule has 4 aromatic carbocycles. The monoisotopic (exact) mass is 549 g/mol. The molecule has 3 N–H and O–H groups in total. The molecular weight excluding hydrogens is 518 g/mol. The summed E-state index contributed by atoms with van der Waals surface area (Å²) < 4.78 is 28.1. The molecule has 0 radical (unpaired) electrons. The van der Waals surface area contributed by atoms with E-state index < -0.39 is 10.0 Å². The third-order valence-electron chi connectivity index (χ3n) is 8.96. The number of rotatable bonds is 6. The van der Waals surface area contributed by atoms with Gasteiger partial charge in [-0.2, -0.15) is 0 Å². The second kappa shape index (κ2) is 9.82. The Morgan fingerprint density at radius 1 is 0.775 bits per heavy atom. The van der Waals surface area contributed by atoms with Crippen LogP contribution in [-0.4, -0.2) is 14.3 Å². The summed E-state index contributed by atoms with van der Waals surface area (Å²) >= 11 is 0. The molecule has 0 unspecified atom stereocenters. The minimum atomic E-state index is -3.73. The van der Waals surface area contributed by atoms with Crippen molar-refractivity contribution >= 4 is 33.0 Å². The van der Waals surface area contributed by atoms with Crippen molar-refractivity contribution in [2.75, 3.05) is 15.4 Å². The first kappa shape index (κ1) is 24.9. The molecule has 5 atom stereocenters. The Kier molecular flexibility index (Phi) is 6.12. The first-order valence-electron chi connectivity index (χ1n) is 13.9. The highest BCUT2D eigenvalue weighted by Gasteiger charge is 2.53. The van der Waals surface area contributed by atoms with Gasteiger partial charge in [-0.05, 0) is 109 Å². The van der Waals surface area contributed by atoms with E-state index in [4.69, 9.17) is 0 Å². The Labute approximate surface area is 234 Å². The van der Waals surface area contributed by atoms with E-state index in [9.17, 15) is 13.2 Å². The molecule has 6 nitrogen and oxygen atoms in total. The molecule has 1 aliphatic heterocycles. The first-order valence-corrected chi connectivity index (χ1v) is 15.4. The predicted octanol–water partition coefficient (Wildman–Crippen LogP) is 7.04. The summed E-state index contributed by atoms with van der Waals surface area (Å²) in [6, 6.07) is 32.0. The molecule has 7 heteroatoms. The molecule has 40 heavy (non-hydrogen) atoms. The fraction of sp³-hybridized carbons (Fsp3) is 0.242. The van der Waals surface area contributed by atoms with E-state index in [-0.39, 0.29) is 10.8 Å². The SMILES string of the molecule is O=C(Nc1ccc(S(=O)(=O)Nc2ccccc2)cc1)c1ccc2c(c1)[C@@H]1[C@H]3CC[C@@H](C3)[C@H]1[C@H](c1ccccc1)N2. The van der Waals surface area contributed by atoms with E-state index in [0.29, 0.717) is 46.7 Å². The summed E-state index contributed by atoms with van der Waals surface area (Å²) in [5, 5.41) is 6.78. The van der Waals surface area contributed by atoms with Gasteiger partial charge in [-0.3, -0.25) is 9.52 Å². The van der Waals surface area contributed by atoms with Crippen molar-refractivity contribution in [1.82, 2.24) is 0 Å². The Bertz CT molecular complexity index is 1660. The van der Waals surface area contributed by atoms with Gasteiger partial charge in [0.25, 0.3) is 15.9 Å². The quantitative estimate of drug-likeness (QED) is 0.241. The van der Waals surface area contributed by atoms with Gasteiger partial charge in [-0.1, -0.05) is 48.5 Å². The van der Waals surface area contributed by atoms with Crippen molar-refractivity contribution in [3.8, 4) is 0 Å². The average molecular weight is 550 g/mol. The van der Waals surface area contributed by atoms with Crippen molar-refractivity contribution in [3.05, 3.63) is 120 Å². The smallest absolute Gasteiger partial charge is 0.261 e. The highest BCUT2D eigenvalue weighted by molar-refractivity contribution is 7.92. The van der Waals surface area contributed by atoms with Gasteiger partial charge in [0.15, 0.2) is 0 Å². The summed E-state index contributed by atoms with van der Waals surface area (Å²) in [4.78, 5) is 13.4. The van der Waals surface area contributed by atoms with Crippen LogP contribution in [0.5, 0.6) is 0 Å². The van der Waals surface area contributed by atoms with Gasteiger partial charge in [0.1, 0.15) is 0 Å². The Morgan fingerprint density at radius 3 is 2.23 bits per heavy atom. The molecule has 2 fully saturated rings. The van der Waals surface area contributed by atoms with Crippen LogP contribution in [0.15, 0.2) is 108 Å². The molecule has 2 saturated carbocycles.